The van der Waals surface area contributed by atoms with Crippen LogP contribution in [0, 0.1) is 0 Å². The van der Waals surface area contributed by atoms with Gasteiger partial charge in [-0.15, -0.1) is 11.3 Å². The molecule has 0 bridgehead atoms. The molecule has 2 N–H and O–H groups in total. The molecule has 1 amide bonds. The van der Waals surface area contributed by atoms with Crippen molar-refractivity contribution in [1.29, 1.82) is 0 Å². The number of aryl methyl sites for hydroxylation is 2. The molecule has 2 aromatic rings. The van der Waals surface area contributed by atoms with Gasteiger partial charge in [-0.1, -0.05) is 19.1 Å². The molecule has 2 rings (SSSR count). The maximum atomic E-state index is 12.1. The summed E-state index contributed by atoms with van der Waals surface area (Å²) in [5, 5.41) is 11.5. The van der Waals surface area contributed by atoms with Crippen LogP contribution in [-0.4, -0.2) is 17.0 Å². The fourth-order valence-corrected chi connectivity index (χ4v) is 2.73. The van der Waals surface area contributed by atoms with Gasteiger partial charge < -0.3 is 10.4 Å². The predicted octanol–water partition coefficient (Wildman–Crippen LogP) is 3.58. The lowest BCUT2D eigenvalue weighted by molar-refractivity contribution is -0.136. The zero-order valence-electron chi connectivity index (χ0n) is 11.8. The molecule has 1 aromatic carbocycles. The van der Waals surface area contributed by atoms with Gasteiger partial charge in [0.2, 0.25) is 0 Å². The summed E-state index contributed by atoms with van der Waals surface area (Å²) in [7, 11) is 0. The molecule has 1 aromatic heterocycles. The number of amides is 1. The van der Waals surface area contributed by atoms with Crippen LogP contribution < -0.4 is 5.32 Å². The van der Waals surface area contributed by atoms with Crippen molar-refractivity contribution in [3.05, 3.63) is 51.7 Å². The average molecular weight is 303 g/mol. The molecule has 110 valence electrons. The molecule has 4 nitrogen and oxygen atoms in total. The van der Waals surface area contributed by atoms with E-state index in [-0.39, 0.29) is 12.3 Å². The van der Waals surface area contributed by atoms with E-state index in [4.69, 9.17) is 5.11 Å². The molecule has 0 aliphatic rings. The second-order valence-corrected chi connectivity index (χ2v) is 5.83. The summed E-state index contributed by atoms with van der Waals surface area (Å²) in [4.78, 5) is 24.5. The van der Waals surface area contributed by atoms with E-state index in [1.54, 1.807) is 12.1 Å². The molecular formula is C16H17NO3S. The monoisotopic (exact) mass is 303 g/mol. The van der Waals surface area contributed by atoms with Crippen molar-refractivity contribution >= 4 is 28.9 Å². The first-order valence-corrected chi connectivity index (χ1v) is 7.61. The largest absolute Gasteiger partial charge is 0.481 e. The first-order chi connectivity index (χ1) is 10.1. The highest BCUT2D eigenvalue weighted by molar-refractivity contribution is 7.14. The fourth-order valence-electron chi connectivity index (χ4n) is 1.89. The molecule has 0 unspecified atom stereocenters. The van der Waals surface area contributed by atoms with Crippen LogP contribution in [0.15, 0.2) is 36.4 Å². The van der Waals surface area contributed by atoms with Gasteiger partial charge in [-0.25, -0.2) is 0 Å². The van der Waals surface area contributed by atoms with Crippen LogP contribution in [0.3, 0.4) is 0 Å². The fraction of sp³-hybridized carbons (Fsp3) is 0.250. The minimum Gasteiger partial charge on any atom is -0.481 e. The Hall–Kier alpha value is -2.14. The number of carbonyl (C=O) groups is 2. The Balaban J connectivity index is 1.96. The standard InChI is InChI=1S/C16H17NO3S/c1-2-13-8-9-14(21-13)16(20)17-12-6-3-11(4-7-12)5-10-15(18)19/h3-4,6-9H,2,5,10H2,1H3,(H,17,20)(H,18,19). The number of anilines is 1. The smallest absolute Gasteiger partial charge is 0.303 e. The normalized spacial score (nSPS) is 10.3. The Bertz CT molecular complexity index is 631. The van der Waals surface area contributed by atoms with Gasteiger partial charge in [0.1, 0.15) is 0 Å². The Morgan fingerprint density at radius 1 is 1.14 bits per heavy atom. The molecule has 0 radical (unpaired) electrons. The SMILES string of the molecule is CCc1ccc(C(=O)Nc2ccc(CCC(=O)O)cc2)s1. The van der Waals surface area contributed by atoms with Crippen LogP contribution in [0.25, 0.3) is 0 Å². The number of hydrogen-bond acceptors (Lipinski definition) is 3. The molecule has 1 heterocycles. The van der Waals surface area contributed by atoms with Crippen molar-refractivity contribution in [2.45, 2.75) is 26.2 Å². The van der Waals surface area contributed by atoms with E-state index in [2.05, 4.69) is 12.2 Å². The minimum absolute atomic E-state index is 0.112. The number of nitrogens with one attached hydrogen (secondary N) is 1. The van der Waals surface area contributed by atoms with E-state index in [0.717, 1.165) is 12.0 Å². The van der Waals surface area contributed by atoms with Crippen molar-refractivity contribution in [2.24, 2.45) is 0 Å². The summed E-state index contributed by atoms with van der Waals surface area (Å²) < 4.78 is 0. The zero-order chi connectivity index (χ0) is 15.2. The van der Waals surface area contributed by atoms with Crippen molar-refractivity contribution in [1.82, 2.24) is 0 Å². The lowest BCUT2D eigenvalue weighted by atomic mass is 10.1. The van der Waals surface area contributed by atoms with Crippen molar-refractivity contribution in [3.8, 4) is 0 Å². The van der Waals surface area contributed by atoms with E-state index in [0.29, 0.717) is 17.0 Å². The van der Waals surface area contributed by atoms with Crippen LogP contribution >= 0.6 is 11.3 Å². The van der Waals surface area contributed by atoms with E-state index in [1.807, 2.05) is 24.3 Å². The van der Waals surface area contributed by atoms with E-state index >= 15 is 0 Å². The van der Waals surface area contributed by atoms with Crippen LogP contribution in [0.2, 0.25) is 0 Å². The molecule has 0 fully saturated rings. The van der Waals surface area contributed by atoms with E-state index in [1.165, 1.54) is 16.2 Å². The van der Waals surface area contributed by atoms with Gasteiger partial charge in [-0.05, 0) is 42.7 Å². The molecule has 0 atom stereocenters. The summed E-state index contributed by atoms with van der Waals surface area (Å²) in [6.45, 7) is 2.06. The third kappa shape index (κ3) is 4.43. The van der Waals surface area contributed by atoms with Crippen molar-refractivity contribution in [2.75, 3.05) is 5.32 Å². The highest BCUT2D eigenvalue weighted by Gasteiger charge is 2.09. The van der Waals surface area contributed by atoms with Gasteiger partial charge >= 0.3 is 5.97 Å². The van der Waals surface area contributed by atoms with Gasteiger partial charge in [0.25, 0.3) is 5.91 Å². The van der Waals surface area contributed by atoms with Gasteiger partial charge in [-0.3, -0.25) is 9.59 Å². The van der Waals surface area contributed by atoms with Crippen LogP contribution in [0.4, 0.5) is 5.69 Å². The number of carboxylic acid groups (broad SMARTS) is 1. The van der Waals surface area contributed by atoms with Gasteiger partial charge in [-0.2, -0.15) is 0 Å². The molecule has 0 aliphatic carbocycles. The first-order valence-electron chi connectivity index (χ1n) is 6.79. The second kappa shape index (κ2) is 7.04. The summed E-state index contributed by atoms with van der Waals surface area (Å²) in [5.74, 6) is -0.921. The molecule has 0 saturated heterocycles. The van der Waals surface area contributed by atoms with Gasteiger partial charge in [0.15, 0.2) is 0 Å². The third-order valence-corrected chi connectivity index (χ3v) is 4.30. The third-order valence-electron chi connectivity index (χ3n) is 3.07. The molecular weight excluding hydrogens is 286 g/mol. The Kier molecular flexibility index (Phi) is 5.11. The highest BCUT2D eigenvalue weighted by atomic mass is 32.1. The summed E-state index contributed by atoms with van der Waals surface area (Å²) >= 11 is 1.50. The Labute approximate surface area is 127 Å². The second-order valence-electron chi connectivity index (χ2n) is 4.66. The number of rotatable bonds is 6. The number of hydrogen-bond donors (Lipinski definition) is 2. The van der Waals surface area contributed by atoms with Crippen LogP contribution in [0.5, 0.6) is 0 Å². The van der Waals surface area contributed by atoms with E-state index in [9.17, 15) is 9.59 Å². The quantitative estimate of drug-likeness (QED) is 0.857. The van der Waals surface area contributed by atoms with Gasteiger partial charge in [0.05, 0.1) is 4.88 Å². The molecule has 0 saturated carbocycles. The molecule has 21 heavy (non-hydrogen) atoms. The lowest BCUT2D eigenvalue weighted by Crippen LogP contribution is -2.10. The first kappa shape index (κ1) is 15.3. The highest BCUT2D eigenvalue weighted by Crippen LogP contribution is 2.19. The predicted molar refractivity (Wildman–Crippen MR) is 84.0 cm³/mol. The van der Waals surface area contributed by atoms with Crippen LogP contribution in [0.1, 0.15) is 33.5 Å². The van der Waals surface area contributed by atoms with Crippen molar-refractivity contribution < 1.29 is 14.7 Å². The van der Waals surface area contributed by atoms with E-state index < -0.39 is 5.97 Å². The molecule has 0 aliphatic heterocycles. The summed E-state index contributed by atoms with van der Waals surface area (Å²) in [6.07, 6.45) is 1.53. The maximum Gasteiger partial charge on any atom is 0.303 e. The Morgan fingerprint density at radius 3 is 2.43 bits per heavy atom. The number of carboxylic acids is 1. The average Bonchev–Trinajstić information content (AvgIpc) is 2.95. The van der Waals surface area contributed by atoms with Crippen LogP contribution in [-0.2, 0) is 17.6 Å². The zero-order valence-corrected chi connectivity index (χ0v) is 12.6. The van der Waals surface area contributed by atoms with Gasteiger partial charge in [0, 0.05) is 17.0 Å². The number of thiophene rings is 1. The topological polar surface area (TPSA) is 66.4 Å². The summed E-state index contributed by atoms with van der Waals surface area (Å²) in [5.41, 5.74) is 1.66. The Morgan fingerprint density at radius 2 is 1.86 bits per heavy atom. The molecule has 5 heteroatoms. The summed E-state index contributed by atoms with van der Waals surface area (Å²) in [6, 6.07) is 11.1. The lowest BCUT2D eigenvalue weighted by Gasteiger charge is -2.05. The number of benzene rings is 1. The maximum absolute atomic E-state index is 12.1. The number of carbonyl (C=O) groups excluding carboxylic acids is 1. The molecule has 0 spiro atoms. The van der Waals surface area contributed by atoms with Crippen molar-refractivity contribution in [3.63, 3.8) is 0 Å². The minimum atomic E-state index is -0.809. The number of aliphatic carboxylic acids is 1.